The second-order valence-electron chi connectivity index (χ2n) is 2.53. The average Bonchev–Trinajstić information content (AvgIpc) is 2.04. The monoisotopic (exact) mass is 317 g/mol. The Morgan fingerprint density at radius 1 is 1.62 bits per heavy atom. The lowest BCUT2D eigenvalue weighted by Crippen LogP contribution is -2.00. The van der Waals surface area contributed by atoms with Crippen molar-refractivity contribution >= 4 is 34.2 Å². The number of pyridine rings is 1. The molecule has 0 N–H and O–H groups in total. The zero-order valence-electron chi connectivity index (χ0n) is 6.82. The maximum Gasteiger partial charge on any atom is 0.266 e. The Hall–Kier alpha value is 0.0300. The average molecular weight is 318 g/mol. The van der Waals surface area contributed by atoms with Gasteiger partial charge in [-0.2, -0.15) is 0 Å². The lowest BCUT2D eigenvalue weighted by Gasteiger charge is -2.09. The second kappa shape index (κ2) is 4.50. The van der Waals surface area contributed by atoms with Crippen molar-refractivity contribution in [2.24, 2.45) is 0 Å². The first-order chi connectivity index (χ1) is 6.07. The molecule has 72 valence electrons. The van der Waals surface area contributed by atoms with Gasteiger partial charge in [0.25, 0.3) is 6.43 Å². The van der Waals surface area contributed by atoms with E-state index in [4.69, 9.17) is 11.6 Å². The van der Waals surface area contributed by atoms with Gasteiger partial charge in [-0.25, -0.2) is 8.78 Å². The van der Waals surface area contributed by atoms with Crippen LogP contribution in [0.1, 0.15) is 23.2 Å². The largest absolute Gasteiger partial charge is 0.266 e. The summed E-state index contributed by atoms with van der Waals surface area (Å²) in [6.07, 6.45) is -0.946. The van der Waals surface area contributed by atoms with Crippen molar-refractivity contribution in [3.8, 4) is 0 Å². The lowest BCUT2D eigenvalue weighted by molar-refractivity contribution is 0.149. The summed E-state index contributed by atoms with van der Waals surface area (Å²) in [4.78, 5) is 3.86. The summed E-state index contributed by atoms with van der Waals surface area (Å²) < 4.78 is 25.6. The smallest absolute Gasteiger partial charge is 0.261 e. The highest BCUT2D eigenvalue weighted by molar-refractivity contribution is 14.1. The van der Waals surface area contributed by atoms with Gasteiger partial charge in [0.1, 0.15) is 0 Å². The first-order valence-corrected chi connectivity index (χ1v) is 5.17. The summed E-state index contributed by atoms with van der Waals surface area (Å²) in [5.41, 5.74) is 1.02. The molecule has 0 saturated carbocycles. The van der Waals surface area contributed by atoms with Gasteiger partial charge in [0.05, 0.1) is 5.56 Å². The predicted octanol–water partition coefficient (Wildman–Crippen LogP) is 3.67. The molecule has 0 aliphatic carbocycles. The highest BCUT2D eigenvalue weighted by atomic mass is 127. The quantitative estimate of drug-likeness (QED) is 0.599. The van der Waals surface area contributed by atoms with Crippen LogP contribution in [-0.4, -0.2) is 4.98 Å². The van der Waals surface area contributed by atoms with Crippen LogP contribution in [0.15, 0.2) is 6.20 Å². The maximum atomic E-state index is 12.5. The van der Waals surface area contributed by atoms with E-state index in [1.54, 1.807) is 6.92 Å². The summed E-state index contributed by atoms with van der Waals surface area (Å²) in [6, 6.07) is 0. The van der Waals surface area contributed by atoms with Gasteiger partial charge >= 0.3 is 0 Å². The summed E-state index contributed by atoms with van der Waals surface area (Å²) in [5, 5.41) is 0. The zero-order chi connectivity index (χ0) is 10.0. The molecule has 13 heavy (non-hydrogen) atoms. The normalized spacial score (nSPS) is 10.9. The SMILES string of the molecule is Cc1ncc(CCl)c(I)c1C(F)F. The number of aromatic nitrogens is 1. The van der Waals surface area contributed by atoms with Crippen LogP contribution in [0.2, 0.25) is 0 Å². The van der Waals surface area contributed by atoms with Crippen molar-refractivity contribution < 1.29 is 8.78 Å². The Morgan fingerprint density at radius 3 is 2.69 bits per heavy atom. The van der Waals surface area contributed by atoms with E-state index < -0.39 is 6.43 Å². The number of halogens is 4. The molecular weight excluding hydrogens is 310 g/mol. The van der Waals surface area contributed by atoms with Crippen molar-refractivity contribution in [3.05, 3.63) is 26.6 Å². The highest BCUT2D eigenvalue weighted by Gasteiger charge is 2.17. The van der Waals surface area contributed by atoms with E-state index in [1.165, 1.54) is 6.20 Å². The molecule has 0 radical (unpaired) electrons. The second-order valence-corrected chi connectivity index (χ2v) is 3.88. The lowest BCUT2D eigenvalue weighted by atomic mass is 10.1. The number of hydrogen-bond donors (Lipinski definition) is 0. The van der Waals surface area contributed by atoms with Gasteiger partial charge < -0.3 is 0 Å². The molecule has 1 aromatic heterocycles. The molecule has 0 aliphatic rings. The predicted molar refractivity (Wildman–Crippen MR) is 56.2 cm³/mol. The number of rotatable bonds is 2. The minimum absolute atomic E-state index is 0.00116. The fourth-order valence-corrected chi connectivity index (χ4v) is 2.36. The Labute approximate surface area is 93.6 Å². The minimum Gasteiger partial charge on any atom is -0.261 e. The van der Waals surface area contributed by atoms with Crippen molar-refractivity contribution in [1.82, 2.24) is 4.98 Å². The van der Waals surface area contributed by atoms with Crippen LogP contribution in [0.5, 0.6) is 0 Å². The molecule has 1 rings (SSSR count). The molecule has 0 unspecified atom stereocenters. The molecule has 0 saturated heterocycles. The van der Waals surface area contributed by atoms with Crippen molar-refractivity contribution in [2.75, 3.05) is 0 Å². The van der Waals surface area contributed by atoms with Gasteiger partial charge in [-0.15, -0.1) is 11.6 Å². The third kappa shape index (κ3) is 2.28. The van der Waals surface area contributed by atoms with E-state index in [-0.39, 0.29) is 11.4 Å². The fraction of sp³-hybridized carbons (Fsp3) is 0.375. The minimum atomic E-state index is -2.48. The van der Waals surface area contributed by atoms with Crippen molar-refractivity contribution in [3.63, 3.8) is 0 Å². The molecule has 1 heterocycles. The van der Waals surface area contributed by atoms with Crippen LogP contribution >= 0.6 is 34.2 Å². The fourth-order valence-electron chi connectivity index (χ4n) is 0.980. The Balaban J connectivity index is 3.30. The molecule has 1 nitrogen and oxygen atoms in total. The summed E-state index contributed by atoms with van der Waals surface area (Å²) in [5.74, 6) is 0.214. The van der Waals surface area contributed by atoms with Crippen LogP contribution in [0.4, 0.5) is 8.78 Å². The molecule has 0 amide bonds. The molecule has 0 atom stereocenters. The van der Waals surface area contributed by atoms with Gasteiger partial charge in [-0.05, 0) is 35.1 Å². The summed E-state index contributed by atoms with van der Waals surface area (Å²) >= 11 is 7.45. The Kier molecular flexibility index (Phi) is 3.85. The van der Waals surface area contributed by atoms with Crippen LogP contribution in [0.3, 0.4) is 0 Å². The van der Waals surface area contributed by atoms with Crippen LogP contribution in [0.25, 0.3) is 0 Å². The van der Waals surface area contributed by atoms with E-state index in [2.05, 4.69) is 4.98 Å². The van der Waals surface area contributed by atoms with Crippen LogP contribution in [-0.2, 0) is 5.88 Å². The summed E-state index contributed by atoms with van der Waals surface area (Å²) in [6.45, 7) is 1.57. The van der Waals surface area contributed by atoms with Gasteiger partial charge in [0.2, 0.25) is 0 Å². The molecule has 0 bridgehead atoms. The van der Waals surface area contributed by atoms with E-state index in [9.17, 15) is 8.78 Å². The van der Waals surface area contributed by atoms with Crippen LogP contribution in [0, 0.1) is 10.5 Å². The standard InChI is InChI=1S/C8H7ClF2IN/c1-4-6(8(10)11)7(12)5(2-9)3-13-4/h3,8H,2H2,1H3. The number of nitrogens with zero attached hydrogens (tertiary/aromatic N) is 1. The molecule has 1 aromatic rings. The molecule has 0 aromatic carbocycles. The first-order valence-electron chi connectivity index (χ1n) is 3.56. The zero-order valence-corrected chi connectivity index (χ0v) is 9.73. The molecule has 0 spiro atoms. The molecule has 0 aliphatic heterocycles. The maximum absolute atomic E-state index is 12.5. The number of alkyl halides is 3. The number of hydrogen-bond acceptors (Lipinski definition) is 1. The third-order valence-corrected chi connectivity index (χ3v) is 3.25. The highest BCUT2D eigenvalue weighted by Crippen LogP contribution is 2.29. The third-order valence-electron chi connectivity index (χ3n) is 1.68. The van der Waals surface area contributed by atoms with E-state index in [0.717, 1.165) is 0 Å². The summed E-state index contributed by atoms with van der Waals surface area (Å²) in [7, 11) is 0. The first kappa shape index (κ1) is 11.1. The number of aryl methyl sites for hydroxylation is 1. The Bertz CT molecular complexity index is 317. The topological polar surface area (TPSA) is 12.9 Å². The van der Waals surface area contributed by atoms with Crippen LogP contribution < -0.4 is 0 Å². The van der Waals surface area contributed by atoms with Gasteiger partial charge in [-0.1, -0.05) is 0 Å². The van der Waals surface area contributed by atoms with E-state index >= 15 is 0 Å². The van der Waals surface area contributed by atoms with Gasteiger partial charge in [0, 0.05) is 21.3 Å². The molecular formula is C8H7ClF2IN. The van der Waals surface area contributed by atoms with Gasteiger partial charge in [0.15, 0.2) is 0 Å². The van der Waals surface area contributed by atoms with E-state index in [0.29, 0.717) is 14.8 Å². The van der Waals surface area contributed by atoms with Crippen molar-refractivity contribution in [1.29, 1.82) is 0 Å². The molecule has 5 heteroatoms. The van der Waals surface area contributed by atoms with Crippen molar-refractivity contribution in [2.45, 2.75) is 19.2 Å². The molecule has 0 fully saturated rings. The van der Waals surface area contributed by atoms with E-state index in [1.807, 2.05) is 22.6 Å². The Morgan fingerprint density at radius 2 is 2.23 bits per heavy atom. The van der Waals surface area contributed by atoms with Gasteiger partial charge in [-0.3, -0.25) is 4.98 Å².